The first-order valence-corrected chi connectivity index (χ1v) is 27.1. The molecule has 0 spiro atoms. The van der Waals surface area contributed by atoms with Crippen LogP contribution in [-0.4, -0.2) is 110 Å². The van der Waals surface area contributed by atoms with Gasteiger partial charge in [-0.3, -0.25) is 4.79 Å². The van der Waals surface area contributed by atoms with Crippen molar-refractivity contribution < 1.29 is 50.0 Å². The molecule has 1 heterocycles. The Bertz CT molecular complexity index is 1050. The van der Waals surface area contributed by atoms with Gasteiger partial charge in [-0.25, -0.2) is 0 Å². The van der Waals surface area contributed by atoms with Crippen molar-refractivity contribution in [2.45, 2.75) is 306 Å². The number of aliphatic hydroxyl groups is 7. The highest BCUT2D eigenvalue weighted by Crippen LogP contribution is 2.23. The largest absolute Gasteiger partial charge is 0.394 e. The molecule has 1 amide bonds. The summed E-state index contributed by atoms with van der Waals surface area (Å²) < 4.78 is 11.0. The Morgan fingerprint density at radius 2 is 0.906 bits per heavy atom. The number of hydrogen-bond acceptors (Lipinski definition) is 10. The summed E-state index contributed by atoms with van der Waals surface area (Å²) in [5.74, 6) is -0.699. The highest BCUT2D eigenvalue weighted by atomic mass is 16.7. The third-order valence-electron chi connectivity index (χ3n) is 13.3. The average Bonchev–Trinajstić information content (AvgIpc) is 3.29. The van der Waals surface area contributed by atoms with Crippen molar-refractivity contribution in [1.82, 2.24) is 5.32 Å². The normalized spacial score (nSPS) is 21.0. The van der Waals surface area contributed by atoms with Gasteiger partial charge in [0.1, 0.15) is 36.6 Å². The minimum absolute atomic E-state index is 0.263. The summed E-state index contributed by atoms with van der Waals surface area (Å²) in [5, 5.41) is 75.2. The van der Waals surface area contributed by atoms with Crippen LogP contribution in [0, 0.1) is 0 Å². The predicted molar refractivity (Wildman–Crippen MR) is 261 cm³/mol. The highest BCUT2D eigenvalue weighted by Gasteiger charge is 2.44. The van der Waals surface area contributed by atoms with Crippen molar-refractivity contribution in [2.24, 2.45) is 0 Å². The Kier molecular flexibility index (Phi) is 41.0. The molecule has 0 aromatic heterocycles. The Hall–Kier alpha value is -1.15. The smallest absolute Gasteiger partial charge is 0.249 e. The van der Waals surface area contributed by atoms with Crippen LogP contribution in [0.25, 0.3) is 0 Å². The zero-order chi connectivity index (χ0) is 46.9. The van der Waals surface area contributed by atoms with Gasteiger partial charge in [-0.1, -0.05) is 225 Å². The van der Waals surface area contributed by atoms with E-state index in [1.807, 2.05) is 0 Å². The maximum atomic E-state index is 13.0. The van der Waals surface area contributed by atoms with Crippen LogP contribution in [0.15, 0.2) is 12.2 Å². The fourth-order valence-corrected chi connectivity index (χ4v) is 8.85. The molecule has 9 atom stereocenters. The standard InChI is InChI=1S/C53H103NO10/c1-3-5-7-9-10-11-12-13-14-15-16-17-18-19-20-21-22-23-24-25-26-27-28-29-30-31-32-33-34-35-37-39-41-46(57)52(62)54-44(48(58)45(56)40-38-36-8-6-4-2)43-63-53-51(61)50(60)49(59)47(42-55)64-53/h19-20,44-51,53,55-61H,3-18,21-43H2,1-2H3,(H,54,62)/b20-19-. The van der Waals surface area contributed by atoms with Crippen molar-refractivity contribution in [3.8, 4) is 0 Å². The van der Waals surface area contributed by atoms with Crippen LogP contribution in [0.4, 0.5) is 0 Å². The Morgan fingerprint density at radius 1 is 0.531 bits per heavy atom. The van der Waals surface area contributed by atoms with Crippen LogP contribution in [-0.2, 0) is 14.3 Å². The average molecular weight is 914 g/mol. The summed E-state index contributed by atoms with van der Waals surface area (Å²) in [5.41, 5.74) is 0. The van der Waals surface area contributed by atoms with E-state index in [1.165, 1.54) is 167 Å². The predicted octanol–water partition coefficient (Wildman–Crippen LogP) is 10.4. The van der Waals surface area contributed by atoms with Crippen LogP contribution in [0.1, 0.15) is 251 Å². The van der Waals surface area contributed by atoms with E-state index in [-0.39, 0.29) is 6.42 Å². The molecular weight excluding hydrogens is 811 g/mol. The van der Waals surface area contributed by atoms with Crippen LogP contribution in [0.3, 0.4) is 0 Å². The molecule has 11 nitrogen and oxygen atoms in total. The van der Waals surface area contributed by atoms with Crippen LogP contribution in [0.2, 0.25) is 0 Å². The van der Waals surface area contributed by atoms with E-state index in [1.54, 1.807) is 0 Å². The van der Waals surface area contributed by atoms with E-state index in [0.717, 1.165) is 44.9 Å². The first-order valence-electron chi connectivity index (χ1n) is 27.1. The second-order valence-electron chi connectivity index (χ2n) is 19.3. The lowest BCUT2D eigenvalue weighted by molar-refractivity contribution is -0.303. The summed E-state index contributed by atoms with van der Waals surface area (Å²) in [6.45, 7) is 3.35. The SMILES string of the molecule is CCCCCCCCCCCCCC/C=C\CCCCCCCCCCCCCCCCCCC(O)C(=O)NC(COC1OC(CO)C(O)C(O)C1O)C(O)C(O)CCCCCCC. The van der Waals surface area contributed by atoms with E-state index in [9.17, 15) is 40.5 Å². The van der Waals surface area contributed by atoms with Gasteiger partial charge < -0.3 is 50.5 Å². The van der Waals surface area contributed by atoms with Gasteiger partial charge in [0.2, 0.25) is 5.91 Å². The second-order valence-corrected chi connectivity index (χ2v) is 19.3. The third-order valence-corrected chi connectivity index (χ3v) is 13.3. The molecule has 1 saturated heterocycles. The molecule has 0 aromatic rings. The van der Waals surface area contributed by atoms with E-state index >= 15 is 0 Å². The summed E-state index contributed by atoms with van der Waals surface area (Å²) in [6.07, 6.45) is 37.9. The van der Waals surface area contributed by atoms with Crippen molar-refractivity contribution in [2.75, 3.05) is 13.2 Å². The van der Waals surface area contributed by atoms with Gasteiger partial charge in [-0.15, -0.1) is 0 Å². The summed E-state index contributed by atoms with van der Waals surface area (Å²) in [6, 6.07) is -1.16. The van der Waals surface area contributed by atoms with Crippen molar-refractivity contribution in [3.63, 3.8) is 0 Å². The number of amides is 1. The molecular formula is C53H103NO10. The maximum Gasteiger partial charge on any atom is 0.249 e. The Morgan fingerprint density at radius 3 is 1.31 bits per heavy atom. The van der Waals surface area contributed by atoms with Crippen LogP contribution < -0.4 is 5.32 Å². The molecule has 1 rings (SSSR count). The second kappa shape index (κ2) is 43.2. The maximum absolute atomic E-state index is 13.0. The molecule has 0 saturated carbocycles. The molecule has 1 aliphatic heterocycles. The molecule has 9 unspecified atom stereocenters. The molecule has 8 N–H and O–H groups in total. The number of rotatable bonds is 46. The molecule has 11 heteroatoms. The number of nitrogens with one attached hydrogen (secondary N) is 1. The van der Waals surface area contributed by atoms with Gasteiger partial charge in [0.25, 0.3) is 0 Å². The zero-order valence-electron chi connectivity index (χ0n) is 41.3. The van der Waals surface area contributed by atoms with Crippen molar-refractivity contribution in [3.05, 3.63) is 12.2 Å². The molecule has 0 aromatic carbocycles. The lowest BCUT2D eigenvalue weighted by Gasteiger charge is -2.40. The van der Waals surface area contributed by atoms with Gasteiger partial charge in [0, 0.05) is 0 Å². The lowest BCUT2D eigenvalue weighted by atomic mass is 9.98. The van der Waals surface area contributed by atoms with Crippen LogP contribution in [0.5, 0.6) is 0 Å². The first-order chi connectivity index (χ1) is 31.2. The summed E-state index contributed by atoms with van der Waals surface area (Å²) >= 11 is 0. The summed E-state index contributed by atoms with van der Waals surface area (Å²) in [4.78, 5) is 13.0. The van der Waals surface area contributed by atoms with E-state index < -0.39 is 74.2 Å². The monoisotopic (exact) mass is 914 g/mol. The van der Waals surface area contributed by atoms with Gasteiger partial charge in [-0.05, 0) is 38.5 Å². The minimum Gasteiger partial charge on any atom is -0.394 e. The Labute approximate surface area is 392 Å². The molecule has 0 bridgehead atoms. The van der Waals surface area contributed by atoms with Gasteiger partial charge >= 0.3 is 0 Å². The molecule has 1 fully saturated rings. The number of carbonyl (C=O) groups is 1. The molecule has 0 aliphatic carbocycles. The Balaban J connectivity index is 2.09. The zero-order valence-corrected chi connectivity index (χ0v) is 41.3. The molecule has 0 radical (unpaired) electrons. The van der Waals surface area contributed by atoms with Gasteiger partial charge in [0.15, 0.2) is 6.29 Å². The van der Waals surface area contributed by atoms with E-state index in [4.69, 9.17) is 9.47 Å². The number of ether oxygens (including phenoxy) is 2. The number of unbranched alkanes of at least 4 members (excludes halogenated alkanes) is 32. The van der Waals surface area contributed by atoms with E-state index in [2.05, 4.69) is 31.3 Å². The topological polar surface area (TPSA) is 189 Å². The first kappa shape index (κ1) is 60.9. The quantitative estimate of drug-likeness (QED) is 0.0216. The number of allylic oxidation sites excluding steroid dienone is 2. The lowest BCUT2D eigenvalue weighted by Crippen LogP contribution is -2.60. The number of hydrogen-bond donors (Lipinski definition) is 8. The van der Waals surface area contributed by atoms with Gasteiger partial charge in [0.05, 0.1) is 25.4 Å². The highest BCUT2D eigenvalue weighted by molar-refractivity contribution is 5.80. The molecule has 1 aliphatic rings. The van der Waals surface area contributed by atoms with Crippen molar-refractivity contribution in [1.29, 1.82) is 0 Å². The van der Waals surface area contributed by atoms with Crippen LogP contribution >= 0.6 is 0 Å². The number of aliphatic hydroxyl groups excluding tert-OH is 7. The molecule has 380 valence electrons. The minimum atomic E-state index is -1.66. The van der Waals surface area contributed by atoms with Gasteiger partial charge in [-0.2, -0.15) is 0 Å². The summed E-state index contributed by atoms with van der Waals surface area (Å²) in [7, 11) is 0. The van der Waals surface area contributed by atoms with Crippen molar-refractivity contribution >= 4 is 5.91 Å². The fourth-order valence-electron chi connectivity index (χ4n) is 8.85. The number of carbonyl (C=O) groups excluding carboxylic acids is 1. The van der Waals surface area contributed by atoms with E-state index in [0.29, 0.717) is 19.3 Å². The molecule has 64 heavy (non-hydrogen) atoms. The fraction of sp³-hybridized carbons (Fsp3) is 0.943. The third kappa shape index (κ3) is 31.8.